The average Bonchev–Trinajstić information content (AvgIpc) is 3.05. The second-order valence-corrected chi connectivity index (χ2v) is 5.92. The highest BCUT2D eigenvalue weighted by Crippen LogP contribution is 2.27. The molecular weight excluding hydrogens is 346 g/mol. The van der Waals surface area contributed by atoms with Crippen LogP contribution in [0.15, 0.2) is 24.4 Å². The van der Waals surface area contributed by atoms with Crippen LogP contribution in [0.3, 0.4) is 0 Å². The van der Waals surface area contributed by atoms with Gasteiger partial charge < -0.3 is 10.6 Å². The topological polar surface area (TPSA) is 66.9 Å². The van der Waals surface area contributed by atoms with E-state index in [1.54, 1.807) is 6.07 Å². The Morgan fingerprint density at radius 3 is 2.87 bits per heavy atom. The summed E-state index contributed by atoms with van der Waals surface area (Å²) < 4.78 is 30.2. The molecule has 2 atom stereocenters. The maximum atomic E-state index is 13.5. The van der Waals surface area contributed by atoms with Crippen LogP contribution in [-0.4, -0.2) is 34.6 Å². The Morgan fingerprint density at radius 1 is 1.35 bits per heavy atom. The molecule has 1 aliphatic heterocycles. The predicted molar refractivity (Wildman–Crippen MR) is 85.0 cm³/mol. The SMILES string of the molecule is Cl.O=C(NC1CNCCC1c1ccc(F)c(F)c1)c1cnns1. The fourth-order valence-electron chi connectivity index (χ4n) is 2.66. The summed E-state index contributed by atoms with van der Waals surface area (Å²) >= 11 is 1.02. The van der Waals surface area contributed by atoms with Crippen LogP contribution in [0.1, 0.15) is 27.6 Å². The fraction of sp³-hybridized carbons (Fsp3) is 0.357. The zero-order chi connectivity index (χ0) is 15.5. The Kier molecular flexibility index (Phi) is 5.97. The van der Waals surface area contributed by atoms with E-state index in [1.165, 1.54) is 12.3 Å². The van der Waals surface area contributed by atoms with Gasteiger partial charge in [0.25, 0.3) is 5.91 Å². The number of aromatic nitrogens is 2. The molecule has 0 aliphatic carbocycles. The normalized spacial score (nSPS) is 20.6. The quantitative estimate of drug-likeness (QED) is 0.879. The van der Waals surface area contributed by atoms with Gasteiger partial charge in [-0.1, -0.05) is 10.6 Å². The molecule has 1 amide bonds. The lowest BCUT2D eigenvalue weighted by atomic mass is 9.86. The minimum atomic E-state index is -0.868. The van der Waals surface area contributed by atoms with Gasteiger partial charge in [-0.3, -0.25) is 4.79 Å². The molecule has 2 N–H and O–H groups in total. The second kappa shape index (κ2) is 7.76. The fourth-order valence-corrected chi connectivity index (χ4v) is 3.08. The zero-order valence-corrected chi connectivity index (χ0v) is 13.6. The molecule has 124 valence electrons. The lowest BCUT2D eigenvalue weighted by molar-refractivity contribution is 0.0928. The van der Waals surface area contributed by atoms with Gasteiger partial charge in [0.2, 0.25) is 0 Å². The molecule has 23 heavy (non-hydrogen) atoms. The number of rotatable bonds is 3. The van der Waals surface area contributed by atoms with E-state index in [2.05, 4.69) is 20.2 Å². The summed E-state index contributed by atoms with van der Waals surface area (Å²) in [4.78, 5) is 12.6. The van der Waals surface area contributed by atoms with E-state index in [9.17, 15) is 13.6 Å². The Hall–Kier alpha value is -1.64. The van der Waals surface area contributed by atoms with E-state index in [1.807, 2.05) is 0 Å². The first-order valence-electron chi connectivity index (χ1n) is 6.89. The number of nitrogens with one attached hydrogen (secondary N) is 2. The van der Waals surface area contributed by atoms with Gasteiger partial charge in [-0.15, -0.1) is 17.5 Å². The van der Waals surface area contributed by atoms with Crippen molar-refractivity contribution in [2.24, 2.45) is 0 Å². The Bertz CT molecular complexity index is 671. The van der Waals surface area contributed by atoms with Gasteiger partial charge in [0.05, 0.1) is 6.20 Å². The number of nitrogens with zero attached hydrogens (tertiary/aromatic N) is 2. The van der Waals surface area contributed by atoms with E-state index in [4.69, 9.17) is 0 Å². The first-order valence-corrected chi connectivity index (χ1v) is 7.66. The molecule has 0 bridgehead atoms. The molecule has 1 saturated heterocycles. The highest BCUT2D eigenvalue weighted by molar-refractivity contribution is 7.07. The van der Waals surface area contributed by atoms with Gasteiger partial charge in [-0.2, -0.15) is 0 Å². The Morgan fingerprint density at radius 2 is 2.17 bits per heavy atom. The van der Waals surface area contributed by atoms with Crippen molar-refractivity contribution in [2.45, 2.75) is 18.4 Å². The lowest BCUT2D eigenvalue weighted by Gasteiger charge is -2.33. The lowest BCUT2D eigenvalue weighted by Crippen LogP contribution is -2.49. The number of carbonyl (C=O) groups is 1. The molecule has 2 heterocycles. The standard InChI is InChI=1S/C14H14F2N4OS.ClH/c15-10-2-1-8(5-11(10)16)9-3-4-17-6-12(9)19-14(21)13-7-18-20-22-13;/h1-2,5,7,9,12,17H,3-4,6H2,(H,19,21);1H. The van der Waals surface area contributed by atoms with Crippen molar-refractivity contribution in [1.29, 1.82) is 0 Å². The molecule has 2 aromatic rings. The maximum absolute atomic E-state index is 13.5. The summed E-state index contributed by atoms with van der Waals surface area (Å²) in [5.41, 5.74) is 0.688. The van der Waals surface area contributed by atoms with E-state index in [0.29, 0.717) is 17.0 Å². The number of carbonyl (C=O) groups excluding carboxylic acids is 1. The zero-order valence-electron chi connectivity index (χ0n) is 12.0. The highest BCUT2D eigenvalue weighted by atomic mass is 35.5. The summed E-state index contributed by atoms with van der Waals surface area (Å²) in [6, 6.07) is 3.70. The van der Waals surface area contributed by atoms with Crippen molar-refractivity contribution >= 4 is 29.8 Å². The van der Waals surface area contributed by atoms with Gasteiger partial charge in [-0.25, -0.2) is 8.78 Å². The van der Waals surface area contributed by atoms with E-state index in [0.717, 1.165) is 30.6 Å². The summed E-state index contributed by atoms with van der Waals surface area (Å²) in [6.07, 6.45) is 2.14. The van der Waals surface area contributed by atoms with Crippen LogP contribution in [0.4, 0.5) is 8.78 Å². The number of hydrogen-bond acceptors (Lipinski definition) is 5. The summed E-state index contributed by atoms with van der Waals surface area (Å²) in [7, 11) is 0. The van der Waals surface area contributed by atoms with Gasteiger partial charge in [0.15, 0.2) is 11.6 Å². The van der Waals surface area contributed by atoms with E-state index in [-0.39, 0.29) is 30.3 Å². The predicted octanol–water partition coefficient (Wildman–Crippen LogP) is 2.11. The third-order valence-corrected chi connectivity index (χ3v) is 4.42. The van der Waals surface area contributed by atoms with Crippen LogP contribution in [0.25, 0.3) is 0 Å². The molecule has 1 aromatic carbocycles. The van der Waals surface area contributed by atoms with Crippen molar-refractivity contribution in [2.75, 3.05) is 13.1 Å². The number of hydrogen-bond donors (Lipinski definition) is 2. The largest absolute Gasteiger partial charge is 0.347 e. The van der Waals surface area contributed by atoms with Crippen LogP contribution in [-0.2, 0) is 0 Å². The third kappa shape index (κ3) is 4.01. The van der Waals surface area contributed by atoms with Crippen LogP contribution in [0, 0.1) is 11.6 Å². The molecule has 5 nitrogen and oxygen atoms in total. The first kappa shape index (κ1) is 17.7. The summed E-state index contributed by atoms with van der Waals surface area (Å²) in [5.74, 6) is -2.06. The molecule has 1 fully saturated rings. The molecule has 0 radical (unpaired) electrons. The van der Waals surface area contributed by atoms with Crippen LogP contribution >= 0.6 is 23.9 Å². The van der Waals surface area contributed by atoms with Crippen molar-refractivity contribution in [1.82, 2.24) is 20.2 Å². The Balaban J connectivity index is 0.00000192. The van der Waals surface area contributed by atoms with Gasteiger partial charge >= 0.3 is 0 Å². The van der Waals surface area contributed by atoms with Gasteiger partial charge in [0, 0.05) is 18.5 Å². The minimum Gasteiger partial charge on any atom is -0.347 e. The molecule has 1 aliphatic rings. The maximum Gasteiger partial charge on any atom is 0.264 e. The summed E-state index contributed by atoms with van der Waals surface area (Å²) in [6.45, 7) is 1.33. The van der Waals surface area contributed by atoms with Crippen molar-refractivity contribution in [3.05, 3.63) is 46.5 Å². The second-order valence-electron chi connectivity index (χ2n) is 5.13. The molecule has 0 saturated carbocycles. The molecule has 9 heteroatoms. The highest BCUT2D eigenvalue weighted by Gasteiger charge is 2.29. The van der Waals surface area contributed by atoms with Crippen molar-refractivity contribution in [3.8, 4) is 0 Å². The van der Waals surface area contributed by atoms with E-state index >= 15 is 0 Å². The third-order valence-electron chi connectivity index (χ3n) is 3.76. The van der Waals surface area contributed by atoms with Crippen molar-refractivity contribution in [3.63, 3.8) is 0 Å². The number of benzene rings is 1. The minimum absolute atomic E-state index is 0. The average molecular weight is 361 g/mol. The number of halogens is 3. The molecule has 0 spiro atoms. The molecule has 1 aromatic heterocycles. The summed E-state index contributed by atoms with van der Waals surface area (Å²) in [5, 5.41) is 9.75. The van der Waals surface area contributed by atoms with Crippen molar-refractivity contribution < 1.29 is 13.6 Å². The van der Waals surface area contributed by atoms with Crippen LogP contribution < -0.4 is 10.6 Å². The van der Waals surface area contributed by atoms with E-state index < -0.39 is 11.6 Å². The smallest absolute Gasteiger partial charge is 0.264 e. The van der Waals surface area contributed by atoms with Crippen LogP contribution in [0.2, 0.25) is 0 Å². The first-order chi connectivity index (χ1) is 10.6. The van der Waals surface area contributed by atoms with Crippen LogP contribution in [0.5, 0.6) is 0 Å². The molecule has 2 unspecified atom stereocenters. The number of piperidine rings is 1. The molecular formula is C14H15ClF2N4OS. The Labute approximate surface area is 142 Å². The van der Waals surface area contributed by atoms with Gasteiger partial charge in [-0.05, 0) is 42.2 Å². The van der Waals surface area contributed by atoms with Gasteiger partial charge in [0.1, 0.15) is 4.88 Å². The monoisotopic (exact) mass is 360 g/mol. The molecule has 3 rings (SSSR count). The number of amides is 1.